The van der Waals surface area contributed by atoms with Crippen LogP contribution in [0.1, 0.15) is 44.1 Å². The van der Waals surface area contributed by atoms with Crippen molar-refractivity contribution in [2.45, 2.75) is 57.2 Å². The van der Waals surface area contributed by atoms with E-state index in [0.717, 1.165) is 12.1 Å². The van der Waals surface area contributed by atoms with Gasteiger partial charge in [0.1, 0.15) is 12.6 Å². The minimum atomic E-state index is -0.565. The molecule has 2 N–H and O–H groups in total. The highest BCUT2D eigenvalue weighted by atomic mass is 16.5. The molecule has 0 radical (unpaired) electrons. The maximum absolute atomic E-state index is 12.6. The monoisotopic (exact) mass is 373 g/mol. The summed E-state index contributed by atoms with van der Waals surface area (Å²) in [7, 11) is 0. The molecular formula is C21H31N3O3. The first-order valence-electron chi connectivity index (χ1n) is 10.2. The Labute approximate surface area is 161 Å². The van der Waals surface area contributed by atoms with Crippen molar-refractivity contribution in [2.75, 3.05) is 26.3 Å². The van der Waals surface area contributed by atoms with Crippen molar-refractivity contribution >= 4 is 11.8 Å². The van der Waals surface area contributed by atoms with Crippen molar-refractivity contribution in [3.63, 3.8) is 0 Å². The second kappa shape index (κ2) is 10.4. The molecule has 1 aliphatic carbocycles. The average Bonchev–Trinajstić information content (AvgIpc) is 2.96. The molecule has 3 rings (SSSR count). The third-order valence-electron chi connectivity index (χ3n) is 5.41. The number of morpholine rings is 1. The number of amides is 2. The van der Waals surface area contributed by atoms with Crippen LogP contribution < -0.4 is 10.6 Å². The van der Waals surface area contributed by atoms with E-state index in [1.807, 2.05) is 30.3 Å². The van der Waals surface area contributed by atoms with Gasteiger partial charge in [0.2, 0.25) is 11.8 Å². The van der Waals surface area contributed by atoms with E-state index in [2.05, 4.69) is 10.6 Å². The summed E-state index contributed by atoms with van der Waals surface area (Å²) >= 11 is 0. The van der Waals surface area contributed by atoms with Gasteiger partial charge in [-0.2, -0.15) is 0 Å². The molecule has 0 unspecified atom stereocenters. The second-order valence-corrected chi connectivity index (χ2v) is 7.47. The smallest absolute Gasteiger partial charge is 0.249 e. The van der Waals surface area contributed by atoms with Gasteiger partial charge in [0.25, 0.3) is 0 Å². The first kappa shape index (κ1) is 19.8. The Kier molecular flexibility index (Phi) is 7.66. The van der Waals surface area contributed by atoms with Gasteiger partial charge >= 0.3 is 0 Å². The fraction of sp³-hybridized carbons (Fsp3) is 0.619. The van der Waals surface area contributed by atoms with E-state index in [1.54, 1.807) is 4.90 Å². The Morgan fingerprint density at radius 1 is 1.07 bits per heavy atom. The Morgan fingerprint density at radius 2 is 1.81 bits per heavy atom. The lowest BCUT2D eigenvalue weighted by atomic mass is 10.1. The van der Waals surface area contributed by atoms with Gasteiger partial charge in [-0.3, -0.25) is 9.59 Å². The van der Waals surface area contributed by atoms with Gasteiger partial charge in [-0.25, -0.2) is 0 Å². The zero-order valence-electron chi connectivity index (χ0n) is 16.0. The molecule has 1 aromatic carbocycles. The predicted octanol–water partition coefficient (Wildman–Crippen LogP) is 1.84. The minimum absolute atomic E-state index is 0.0415. The second-order valence-electron chi connectivity index (χ2n) is 7.47. The van der Waals surface area contributed by atoms with Crippen LogP contribution in [-0.4, -0.2) is 55.1 Å². The van der Waals surface area contributed by atoms with Crippen molar-refractivity contribution in [3.8, 4) is 0 Å². The molecule has 6 nitrogen and oxygen atoms in total. The van der Waals surface area contributed by atoms with Crippen molar-refractivity contribution in [2.24, 2.45) is 0 Å². The molecule has 1 aliphatic heterocycles. The molecule has 0 bridgehead atoms. The lowest BCUT2D eigenvalue weighted by Crippen LogP contribution is -2.56. The molecule has 2 aliphatic rings. The summed E-state index contributed by atoms with van der Waals surface area (Å²) < 4.78 is 5.33. The normalized spacial score (nSPS) is 21.7. The molecule has 0 aromatic heterocycles. The topological polar surface area (TPSA) is 70.7 Å². The third kappa shape index (κ3) is 6.04. The molecule has 2 amide bonds. The molecular weight excluding hydrogens is 342 g/mol. The van der Waals surface area contributed by atoms with Gasteiger partial charge in [0, 0.05) is 25.7 Å². The standard InChI is InChI=1S/C21H31N3O3/c25-20-16-27-15-19(24(20)14-17-8-4-3-5-9-17)21(26)23-13-12-22-18-10-6-1-2-7-11-18/h3-5,8-9,18-19,22H,1-2,6-7,10-16H2,(H,23,26)/t19-/m1/s1. The zero-order chi connectivity index (χ0) is 18.9. The highest BCUT2D eigenvalue weighted by Crippen LogP contribution is 2.17. The summed E-state index contributed by atoms with van der Waals surface area (Å²) in [6.45, 7) is 2.05. The maximum Gasteiger partial charge on any atom is 0.249 e. The number of carbonyl (C=O) groups is 2. The van der Waals surface area contributed by atoms with Crippen LogP contribution in [0.2, 0.25) is 0 Å². The fourth-order valence-corrected chi connectivity index (χ4v) is 3.86. The molecule has 0 spiro atoms. The number of rotatable bonds is 7. The van der Waals surface area contributed by atoms with Crippen LogP contribution in [0.25, 0.3) is 0 Å². The van der Waals surface area contributed by atoms with Crippen molar-refractivity contribution in [1.82, 2.24) is 15.5 Å². The van der Waals surface area contributed by atoms with Crippen molar-refractivity contribution in [3.05, 3.63) is 35.9 Å². The van der Waals surface area contributed by atoms with E-state index >= 15 is 0 Å². The molecule has 1 saturated heterocycles. The SMILES string of the molecule is O=C(NCCNC1CCCCCC1)[C@H]1COCC(=O)N1Cc1ccccc1. The van der Waals surface area contributed by atoms with Gasteiger partial charge in [-0.05, 0) is 18.4 Å². The Bertz CT molecular complexity index is 600. The number of ether oxygens (including phenoxy) is 1. The lowest BCUT2D eigenvalue weighted by molar-refractivity contribution is -0.155. The highest BCUT2D eigenvalue weighted by molar-refractivity contribution is 5.89. The maximum atomic E-state index is 12.6. The molecule has 2 fully saturated rings. The molecule has 1 aromatic rings. The Morgan fingerprint density at radius 3 is 2.56 bits per heavy atom. The summed E-state index contributed by atoms with van der Waals surface area (Å²) in [6, 6.07) is 9.75. The van der Waals surface area contributed by atoms with E-state index in [4.69, 9.17) is 4.74 Å². The quantitative estimate of drug-likeness (QED) is 0.565. The number of benzene rings is 1. The van der Waals surface area contributed by atoms with E-state index in [0.29, 0.717) is 19.1 Å². The molecule has 148 valence electrons. The molecule has 27 heavy (non-hydrogen) atoms. The van der Waals surface area contributed by atoms with E-state index < -0.39 is 6.04 Å². The molecule has 1 saturated carbocycles. The van der Waals surface area contributed by atoms with E-state index in [-0.39, 0.29) is 25.0 Å². The largest absolute Gasteiger partial charge is 0.369 e. The van der Waals surface area contributed by atoms with Gasteiger partial charge < -0.3 is 20.3 Å². The van der Waals surface area contributed by atoms with Crippen molar-refractivity contribution < 1.29 is 14.3 Å². The summed E-state index contributed by atoms with van der Waals surface area (Å²) in [5.74, 6) is -0.275. The van der Waals surface area contributed by atoms with Gasteiger partial charge in [0.05, 0.1) is 6.61 Å². The minimum Gasteiger partial charge on any atom is -0.369 e. The highest BCUT2D eigenvalue weighted by Gasteiger charge is 2.33. The van der Waals surface area contributed by atoms with Crippen LogP contribution in [0.5, 0.6) is 0 Å². The first-order chi connectivity index (χ1) is 13.2. The molecule has 1 atom stereocenters. The van der Waals surface area contributed by atoms with Crippen LogP contribution in [0.4, 0.5) is 0 Å². The van der Waals surface area contributed by atoms with Crippen LogP contribution in [0.3, 0.4) is 0 Å². The predicted molar refractivity (Wildman–Crippen MR) is 104 cm³/mol. The van der Waals surface area contributed by atoms with Crippen LogP contribution in [0.15, 0.2) is 30.3 Å². The van der Waals surface area contributed by atoms with Crippen LogP contribution in [0, 0.1) is 0 Å². The number of nitrogens with one attached hydrogen (secondary N) is 2. The van der Waals surface area contributed by atoms with Crippen LogP contribution >= 0.6 is 0 Å². The number of hydrogen-bond acceptors (Lipinski definition) is 4. The summed E-state index contributed by atoms with van der Waals surface area (Å²) in [5, 5.41) is 6.52. The van der Waals surface area contributed by atoms with E-state index in [1.165, 1.54) is 38.5 Å². The number of hydrogen-bond donors (Lipinski definition) is 2. The fourth-order valence-electron chi connectivity index (χ4n) is 3.86. The third-order valence-corrected chi connectivity index (χ3v) is 5.41. The number of nitrogens with zero attached hydrogens (tertiary/aromatic N) is 1. The summed E-state index contributed by atoms with van der Waals surface area (Å²) in [6.07, 6.45) is 7.71. The van der Waals surface area contributed by atoms with Gasteiger partial charge in [0.15, 0.2) is 0 Å². The van der Waals surface area contributed by atoms with Gasteiger partial charge in [-0.1, -0.05) is 56.0 Å². The van der Waals surface area contributed by atoms with Crippen LogP contribution in [-0.2, 0) is 20.9 Å². The zero-order valence-corrected chi connectivity index (χ0v) is 16.0. The van der Waals surface area contributed by atoms with Gasteiger partial charge in [-0.15, -0.1) is 0 Å². The van der Waals surface area contributed by atoms with Crippen molar-refractivity contribution in [1.29, 1.82) is 0 Å². The first-order valence-corrected chi connectivity index (χ1v) is 10.2. The number of carbonyl (C=O) groups excluding carboxylic acids is 2. The van der Waals surface area contributed by atoms with E-state index in [9.17, 15) is 9.59 Å². The Hall–Kier alpha value is -1.92. The lowest BCUT2D eigenvalue weighted by Gasteiger charge is -2.34. The molecule has 1 heterocycles. The molecule has 6 heteroatoms. The Balaban J connectivity index is 1.47. The summed E-state index contributed by atoms with van der Waals surface area (Å²) in [4.78, 5) is 26.6. The summed E-state index contributed by atoms with van der Waals surface area (Å²) in [5.41, 5.74) is 1.01. The average molecular weight is 373 g/mol.